The van der Waals surface area contributed by atoms with E-state index in [1.807, 2.05) is 0 Å². The molecular formula is C30H42N2O6. The highest BCUT2D eigenvalue weighted by molar-refractivity contribution is 5.98. The van der Waals surface area contributed by atoms with Crippen molar-refractivity contribution < 1.29 is 29.0 Å². The lowest BCUT2D eigenvalue weighted by Gasteiger charge is -2.39. The predicted octanol–water partition coefficient (Wildman–Crippen LogP) is 4.56. The van der Waals surface area contributed by atoms with Crippen molar-refractivity contribution in [2.24, 2.45) is 28.6 Å². The van der Waals surface area contributed by atoms with Crippen LogP contribution in [0.15, 0.2) is 18.2 Å². The van der Waals surface area contributed by atoms with E-state index in [1.165, 1.54) is 13.5 Å². The highest BCUT2D eigenvalue weighted by atomic mass is 16.5. The Kier molecular flexibility index (Phi) is 7.35. The number of fused-ring (bicyclic) bond motifs is 2. The molecule has 0 heterocycles. The van der Waals surface area contributed by atoms with Gasteiger partial charge in [-0.05, 0) is 100 Å². The molecule has 1 aromatic carbocycles. The van der Waals surface area contributed by atoms with Crippen molar-refractivity contribution >= 4 is 17.8 Å². The maximum atomic E-state index is 13.6. The number of methoxy groups -OCH3 is 1. The number of nitrogens with one attached hydrogen (secondary N) is 2. The number of hydrogen-bond donors (Lipinski definition) is 3. The largest absolute Gasteiger partial charge is 0.496 e. The Bertz CT molecular complexity index is 1070. The molecule has 0 spiro atoms. The van der Waals surface area contributed by atoms with Crippen LogP contribution in [0, 0.1) is 28.6 Å². The molecule has 4 saturated carbocycles. The molecule has 0 radical (unpaired) electrons. The fourth-order valence-corrected chi connectivity index (χ4v) is 7.17. The van der Waals surface area contributed by atoms with Crippen LogP contribution < -0.4 is 20.1 Å². The van der Waals surface area contributed by atoms with Gasteiger partial charge in [-0.3, -0.25) is 14.4 Å². The minimum atomic E-state index is -0.760. The molecule has 2 bridgehead atoms. The van der Waals surface area contributed by atoms with Gasteiger partial charge in [0.05, 0.1) is 30.1 Å². The summed E-state index contributed by atoms with van der Waals surface area (Å²) in [4.78, 5) is 38.4. The molecule has 4 aliphatic rings. The van der Waals surface area contributed by atoms with Gasteiger partial charge in [-0.2, -0.15) is 0 Å². The number of rotatable bonds is 9. The van der Waals surface area contributed by atoms with E-state index >= 15 is 0 Å². The molecule has 4 fully saturated rings. The summed E-state index contributed by atoms with van der Waals surface area (Å²) in [5, 5.41) is 15.9. The van der Waals surface area contributed by atoms with Gasteiger partial charge in [0.2, 0.25) is 5.91 Å². The monoisotopic (exact) mass is 526 g/mol. The Hall–Kier alpha value is -2.77. The summed E-state index contributed by atoms with van der Waals surface area (Å²) in [5.74, 6) is 0.520. The maximum Gasteiger partial charge on any atom is 0.309 e. The van der Waals surface area contributed by atoms with Crippen molar-refractivity contribution in [1.29, 1.82) is 0 Å². The van der Waals surface area contributed by atoms with Gasteiger partial charge in [-0.15, -0.1) is 0 Å². The molecule has 208 valence electrons. The molecule has 4 aliphatic carbocycles. The van der Waals surface area contributed by atoms with Crippen LogP contribution in [0.4, 0.5) is 0 Å². The van der Waals surface area contributed by atoms with Crippen LogP contribution in [0.2, 0.25) is 0 Å². The molecule has 0 aromatic heterocycles. The van der Waals surface area contributed by atoms with Gasteiger partial charge in [0.25, 0.3) is 5.91 Å². The average molecular weight is 527 g/mol. The van der Waals surface area contributed by atoms with Crippen LogP contribution in [0.5, 0.6) is 11.5 Å². The van der Waals surface area contributed by atoms with Crippen molar-refractivity contribution in [1.82, 2.24) is 10.6 Å². The first kappa shape index (κ1) is 26.8. The predicted molar refractivity (Wildman–Crippen MR) is 142 cm³/mol. The molecule has 8 heteroatoms. The molecule has 4 atom stereocenters. The number of carbonyl (C=O) groups excluding carboxylic acids is 2. The van der Waals surface area contributed by atoms with Crippen LogP contribution >= 0.6 is 0 Å². The minimum Gasteiger partial charge on any atom is -0.496 e. The van der Waals surface area contributed by atoms with Gasteiger partial charge in [-0.25, -0.2) is 0 Å². The molecule has 8 nitrogen and oxygen atoms in total. The molecule has 5 rings (SSSR count). The second-order valence-corrected chi connectivity index (χ2v) is 12.8. The molecular weight excluding hydrogens is 484 g/mol. The lowest BCUT2D eigenvalue weighted by molar-refractivity contribution is -0.150. The molecule has 3 N–H and O–H groups in total. The second kappa shape index (κ2) is 10.4. The standard InChI is InChI=1S/C30H42N2O6/c1-29(11-4-12-29)17-31-27(34)24-18-5-6-19(15-18)25(24)32-26(33)22-16-21(7-8-23(22)37-3)38-20-9-13-30(2,14-10-20)28(35)36/h7-8,16,18-20,24-25H,4-6,9-15,17H2,1-3H3,(H,31,34)(H,32,33)(H,35,36)/t18-,19+,20-,24+,25-,30+/m1/s1. The van der Waals surface area contributed by atoms with E-state index in [1.54, 1.807) is 25.1 Å². The Morgan fingerprint density at radius 2 is 1.74 bits per heavy atom. The molecule has 2 amide bonds. The van der Waals surface area contributed by atoms with Crippen LogP contribution in [0.25, 0.3) is 0 Å². The summed E-state index contributed by atoms with van der Waals surface area (Å²) in [7, 11) is 1.54. The topological polar surface area (TPSA) is 114 Å². The van der Waals surface area contributed by atoms with E-state index in [0.29, 0.717) is 61.1 Å². The van der Waals surface area contributed by atoms with Gasteiger partial charge >= 0.3 is 5.97 Å². The highest BCUT2D eigenvalue weighted by Crippen LogP contribution is 2.49. The number of amides is 2. The highest BCUT2D eigenvalue weighted by Gasteiger charge is 2.51. The maximum absolute atomic E-state index is 13.6. The number of carbonyl (C=O) groups is 3. The van der Waals surface area contributed by atoms with Crippen molar-refractivity contribution in [3.05, 3.63) is 23.8 Å². The fourth-order valence-electron chi connectivity index (χ4n) is 7.17. The summed E-state index contributed by atoms with van der Waals surface area (Å²) >= 11 is 0. The van der Waals surface area contributed by atoms with Crippen LogP contribution in [0.1, 0.15) is 88.4 Å². The van der Waals surface area contributed by atoms with Gasteiger partial charge in [0.15, 0.2) is 0 Å². The molecule has 1 aromatic rings. The van der Waals surface area contributed by atoms with Gasteiger partial charge < -0.3 is 25.2 Å². The lowest BCUT2D eigenvalue weighted by Crippen LogP contribution is -2.51. The van der Waals surface area contributed by atoms with Crippen LogP contribution in [-0.2, 0) is 9.59 Å². The van der Waals surface area contributed by atoms with E-state index in [4.69, 9.17) is 9.47 Å². The summed E-state index contributed by atoms with van der Waals surface area (Å²) in [6.07, 6.45) is 8.92. The Labute approximate surface area is 225 Å². The average Bonchev–Trinajstić information content (AvgIpc) is 3.49. The quantitative estimate of drug-likeness (QED) is 0.435. The first-order chi connectivity index (χ1) is 18.1. The molecule has 0 saturated heterocycles. The Morgan fingerprint density at radius 3 is 2.37 bits per heavy atom. The number of carboxylic acid groups (broad SMARTS) is 1. The van der Waals surface area contributed by atoms with Gasteiger partial charge in [0, 0.05) is 12.6 Å². The zero-order chi connectivity index (χ0) is 27.1. The summed E-state index contributed by atoms with van der Waals surface area (Å²) in [6, 6.07) is 5.05. The zero-order valence-electron chi connectivity index (χ0n) is 22.9. The second-order valence-electron chi connectivity index (χ2n) is 12.8. The van der Waals surface area contributed by atoms with Crippen LogP contribution in [0.3, 0.4) is 0 Å². The van der Waals surface area contributed by atoms with Gasteiger partial charge in [0.1, 0.15) is 11.5 Å². The third kappa shape index (κ3) is 5.23. The Morgan fingerprint density at radius 1 is 1.03 bits per heavy atom. The molecule has 38 heavy (non-hydrogen) atoms. The van der Waals surface area contributed by atoms with Crippen molar-refractivity contribution in [2.45, 2.75) is 90.2 Å². The lowest BCUT2D eigenvalue weighted by atomic mass is 9.70. The summed E-state index contributed by atoms with van der Waals surface area (Å²) in [6.45, 7) is 4.73. The van der Waals surface area contributed by atoms with Crippen molar-refractivity contribution in [2.75, 3.05) is 13.7 Å². The number of aliphatic carboxylic acids is 1. The molecule has 0 unspecified atom stereocenters. The van der Waals surface area contributed by atoms with E-state index < -0.39 is 11.4 Å². The van der Waals surface area contributed by atoms with E-state index in [0.717, 1.165) is 32.1 Å². The number of hydrogen-bond acceptors (Lipinski definition) is 5. The summed E-state index contributed by atoms with van der Waals surface area (Å²) in [5.41, 5.74) is -0.103. The fraction of sp³-hybridized carbons (Fsp3) is 0.700. The first-order valence-corrected chi connectivity index (χ1v) is 14.3. The van der Waals surface area contributed by atoms with E-state index in [-0.39, 0.29) is 35.3 Å². The SMILES string of the molecule is COc1ccc(O[C@H]2CC[C@@](C)(C(=O)O)CC2)cc1C(=O)N[C@@H]1[C@H]2CC[C@H](C2)[C@@H]1C(=O)NCC1(C)CCC1. The third-order valence-corrected chi connectivity index (χ3v) is 10.0. The first-order valence-electron chi connectivity index (χ1n) is 14.3. The van der Waals surface area contributed by atoms with E-state index in [9.17, 15) is 19.5 Å². The minimum absolute atomic E-state index is 0.0744. The Balaban J connectivity index is 1.25. The van der Waals surface area contributed by atoms with Gasteiger partial charge in [-0.1, -0.05) is 13.3 Å². The van der Waals surface area contributed by atoms with Crippen molar-refractivity contribution in [3.8, 4) is 11.5 Å². The number of ether oxygens (including phenoxy) is 2. The number of carboxylic acids is 1. The smallest absolute Gasteiger partial charge is 0.309 e. The summed E-state index contributed by atoms with van der Waals surface area (Å²) < 4.78 is 11.7. The zero-order valence-corrected chi connectivity index (χ0v) is 22.9. The normalized spacial score (nSPS) is 33.2. The molecule has 0 aliphatic heterocycles. The van der Waals surface area contributed by atoms with E-state index in [2.05, 4.69) is 17.6 Å². The van der Waals surface area contributed by atoms with Crippen molar-refractivity contribution in [3.63, 3.8) is 0 Å². The number of benzene rings is 1. The third-order valence-electron chi connectivity index (χ3n) is 10.0. The van der Waals surface area contributed by atoms with Crippen LogP contribution in [-0.4, -0.2) is 48.7 Å².